The van der Waals surface area contributed by atoms with E-state index in [0.29, 0.717) is 5.92 Å². The number of aliphatic carboxylic acids is 1. The molecule has 0 saturated carbocycles. The Balaban J connectivity index is 4.20. The van der Waals surface area contributed by atoms with Crippen molar-refractivity contribution < 1.29 is 14.6 Å². The Hall–Kier alpha value is -0.610. The van der Waals surface area contributed by atoms with Crippen LogP contribution in [0.5, 0.6) is 0 Å². The summed E-state index contributed by atoms with van der Waals surface area (Å²) in [5, 5.41) is 12.0. The van der Waals surface area contributed by atoms with Crippen molar-refractivity contribution in [1.82, 2.24) is 5.32 Å². The molecule has 0 aliphatic rings. The standard InChI is InChI=1S/C11H23NO3/c1-5-9(6-2)8(3)12-10(7-15-4)11(13)14/h8-10,12H,5-7H2,1-4H3,(H,13,14). The third kappa shape index (κ3) is 5.14. The van der Waals surface area contributed by atoms with E-state index in [-0.39, 0.29) is 12.6 Å². The molecule has 0 aliphatic carbocycles. The lowest BCUT2D eigenvalue weighted by Crippen LogP contribution is -2.47. The van der Waals surface area contributed by atoms with Crippen LogP contribution in [0.1, 0.15) is 33.6 Å². The number of rotatable bonds is 8. The van der Waals surface area contributed by atoms with Gasteiger partial charge in [0, 0.05) is 13.2 Å². The Kier molecular flexibility index (Phi) is 7.34. The summed E-state index contributed by atoms with van der Waals surface area (Å²) in [5.74, 6) is -0.335. The molecule has 2 atom stereocenters. The van der Waals surface area contributed by atoms with E-state index < -0.39 is 12.0 Å². The number of methoxy groups -OCH3 is 1. The zero-order chi connectivity index (χ0) is 11.8. The van der Waals surface area contributed by atoms with Crippen LogP contribution in [0.4, 0.5) is 0 Å². The second-order valence-corrected chi connectivity index (χ2v) is 3.88. The summed E-state index contributed by atoms with van der Waals surface area (Å²) in [6.45, 7) is 6.49. The van der Waals surface area contributed by atoms with Crippen molar-refractivity contribution >= 4 is 5.97 Å². The number of hydrogen-bond acceptors (Lipinski definition) is 3. The number of carboxylic acid groups (broad SMARTS) is 1. The maximum absolute atomic E-state index is 10.9. The second-order valence-electron chi connectivity index (χ2n) is 3.88. The largest absolute Gasteiger partial charge is 0.480 e. The molecule has 2 unspecified atom stereocenters. The van der Waals surface area contributed by atoms with E-state index in [1.807, 2.05) is 6.92 Å². The minimum atomic E-state index is -0.852. The minimum Gasteiger partial charge on any atom is -0.480 e. The highest BCUT2D eigenvalue weighted by atomic mass is 16.5. The van der Waals surface area contributed by atoms with Gasteiger partial charge in [0.2, 0.25) is 0 Å². The lowest BCUT2D eigenvalue weighted by Gasteiger charge is -2.25. The molecule has 0 saturated heterocycles. The predicted octanol–water partition coefficient (Wildman–Crippen LogP) is 1.50. The Morgan fingerprint density at radius 2 is 1.93 bits per heavy atom. The average Bonchev–Trinajstić information content (AvgIpc) is 2.18. The van der Waals surface area contributed by atoms with E-state index in [4.69, 9.17) is 9.84 Å². The van der Waals surface area contributed by atoms with Crippen LogP contribution < -0.4 is 5.32 Å². The highest BCUT2D eigenvalue weighted by molar-refractivity contribution is 5.73. The molecule has 4 nitrogen and oxygen atoms in total. The van der Waals surface area contributed by atoms with Crippen LogP contribution in [0, 0.1) is 5.92 Å². The van der Waals surface area contributed by atoms with Crippen molar-refractivity contribution in [2.45, 2.75) is 45.7 Å². The molecular weight excluding hydrogens is 194 g/mol. The Labute approximate surface area is 92.0 Å². The summed E-state index contributed by atoms with van der Waals surface area (Å²) in [6.07, 6.45) is 2.12. The zero-order valence-corrected chi connectivity index (χ0v) is 10.1. The average molecular weight is 217 g/mol. The van der Waals surface area contributed by atoms with Gasteiger partial charge in [0.15, 0.2) is 0 Å². The summed E-state index contributed by atoms with van der Waals surface area (Å²) in [7, 11) is 1.51. The van der Waals surface area contributed by atoms with Crippen molar-refractivity contribution in [3.05, 3.63) is 0 Å². The van der Waals surface area contributed by atoms with Crippen LogP contribution in [0.25, 0.3) is 0 Å². The highest BCUT2D eigenvalue weighted by Gasteiger charge is 2.22. The molecule has 2 N–H and O–H groups in total. The summed E-state index contributed by atoms with van der Waals surface area (Å²) in [6, 6.07) is -0.401. The van der Waals surface area contributed by atoms with Gasteiger partial charge in [0.25, 0.3) is 0 Å². The van der Waals surface area contributed by atoms with Gasteiger partial charge < -0.3 is 9.84 Å². The lowest BCUT2D eigenvalue weighted by atomic mass is 9.95. The van der Waals surface area contributed by atoms with Gasteiger partial charge in [-0.25, -0.2) is 0 Å². The van der Waals surface area contributed by atoms with Gasteiger partial charge >= 0.3 is 5.97 Å². The molecule has 4 heteroatoms. The second kappa shape index (κ2) is 7.65. The summed E-state index contributed by atoms with van der Waals surface area (Å²) in [5.41, 5.74) is 0. The normalized spacial score (nSPS) is 15.3. The van der Waals surface area contributed by atoms with Gasteiger partial charge in [0.1, 0.15) is 6.04 Å². The van der Waals surface area contributed by atoms with Crippen molar-refractivity contribution in [1.29, 1.82) is 0 Å². The number of hydrogen-bond donors (Lipinski definition) is 2. The number of carbonyl (C=O) groups is 1. The first kappa shape index (κ1) is 14.4. The molecule has 0 rings (SSSR count). The van der Waals surface area contributed by atoms with Gasteiger partial charge in [-0.2, -0.15) is 0 Å². The van der Waals surface area contributed by atoms with Gasteiger partial charge in [-0.1, -0.05) is 26.7 Å². The fourth-order valence-corrected chi connectivity index (χ4v) is 1.81. The van der Waals surface area contributed by atoms with E-state index in [2.05, 4.69) is 19.2 Å². The molecule has 90 valence electrons. The minimum absolute atomic E-state index is 0.205. The predicted molar refractivity (Wildman–Crippen MR) is 60.0 cm³/mol. The Morgan fingerprint density at radius 3 is 2.27 bits per heavy atom. The van der Waals surface area contributed by atoms with E-state index >= 15 is 0 Å². The van der Waals surface area contributed by atoms with E-state index in [9.17, 15) is 4.79 Å². The number of nitrogens with one attached hydrogen (secondary N) is 1. The lowest BCUT2D eigenvalue weighted by molar-refractivity contribution is -0.141. The van der Waals surface area contributed by atoms with Gasteiger partial charge in [0.05, 0.1) is 6.61 Å². The van der Waals surface area contributed by atoms with E-state index in [0.717, 1.165) is 12.8 Å². The van der Waals surface area contributed by atoms with E-state index in [1.165, 1.54) is 7.11 Å². The first-order valence-electron chi connectivity index (χ1n) is 5.54. The van der Waals surface area contributed by atoms with Crippen LogP contribution >= 0.6 is 0 Å². The quantitative estimate of drug-likeness (QED) is 0.647. The number of carboxylic acids is 1. The molecule has 0 fully saturated rings. The van der Waals surface area contributed by atoms with Crippen LogP contribution in [0.2, 0.25) is 0 Å². The monoisotopic (exact) mass is 217 g/mol. The first-order valence-corrected chi connectivity index (χ1v) is 5.54. The Bertz CT molecular complexity index is 181. The maximum Gasteiger partial charge on any atom is 0.323 e. The summed E-state index contributed by atoms with van der Waals surface area (Å²) in [4.78, 5) is 10.9. The topological polar surface area (TPSA) is 58.6 Å². The van der Waals surface area contributed by atoms with E-state index in [1.54, 1.807) is 0 Å². The van der Waals surface area contributed by atoms with Crippen LogP contribution in [-0.2, 0) is 9.53 Å². The summed E-state index contributed by atoms with van der Waals surface area (Å²) >= 11 is 0. The smallest absolute Gasteiger partial charge is 0.323 e. The SMILES string of the molecule is CCC(CC)C(C)NC(COC)C(=O)O. The van der Waals surface area contributed by atoms with Crippen LogP contribution in [-0.4, -0.2) is 36.9 Å². The van der Waals surface area contributed by atoms with Gasteiger partial charge in [-0.15, -0.1) is 0 Å². The first-order chi connectivity index (χ1) is 7.06. The Morgan fingerprint density at radius 1 is 1.40 bits per heavy atom. The fraction of sp³-hybridized carbons (Fsp3) is 0.909. The molecule has 0 radical (unpaired) electrons. The molecule has 15 heavy (non-hydrogen) atoms. The third-order valence-corrected chi connectivity index (χ3v) is 2.85. The van der Waals surface area contributed by atoms with Crippen LogP contribution in [0.3, 0.4) is 0 Å². The molecule has 0 heterocycles. The molecule has 0 aromatic rings. The van der Waals surface area contributed by atoms with Crippen molar-refractivity contribution in [2.24, 2.45) is 5.92 Å². The van der Waals surface area contributed by atoms with Crippen molar-refractivity contribution in [3.63, 3.8) is 0 Å². The third-order valence-electron chi connectivity index (χ3n) is 2.85. The highest BCUT2D eigenvalue weighted by Crippen LogP contribution is 2.13. The zero-order valence-electron chi connectivity index (χ0n) is 10.1. The maximum atomic E-state index is 10.9. The molecule has 0 spiro atoms. The molecular formula is C11H23NO3. The number of ether oxygens (including phenoxy) is 1. The molecule has 0 aromatic carbocycles. The molecule has 0 aromatic heterocycles. The molecule has 0 amide bonds. The van der Waals surface area contributed by atoms with Crippen molar-refractivity contribution in [3.8, 4) is 0 Å². The van der Waals surface area contributed by atoms with Gasteiger partial charge in [-0.3, -0.25) is 10.1 Å². The molecule has 0 aliphatic heterocycles. The molecule has 0 bridgehead atoms. The summed E-state index contributed by atoms with van der Waals surface area (Å²) < 4.78 is 4.87. The van der Waals surface area contributed by atoms with Crippen molar-refractivity contribution in [2.75, 3.05) is 13.7 Å². The van der Waals surface area contributed by atoms with Gasteiger partial charge in [-0.05, 0) is 12.8 Å². The fourth-order valence-electron chi connectivity index (χ4n) is 1.81. The van der Waals surface area contributed by atoms with Crippen LogP contribution in [0.15, 0.2) is 0 Å².